The predicted octanol–water partition coefficient (Wildman–Crippen LogP) is 2.98. The van der Waals surface area contributed by atoms with Gasteiger partial charge in [-0.3, -0.25) is 0 Å². The average molecular weight is 242 g/mol. The molecule has 0 fully saturated rings. The fourth-order valence-corrected chi connectivity index (χ4v) is 0.832. The van der Waals surface area contributed by atoms with Gasteiger partial charge >= 0.3 is 18.0 Å². The lowest BCUT2D eigenvalue weighted by Crippen LogP contribution is -2.58. The molecule has 0 bridgehead atoms. The Balaban J connectivity index is 5.00. The Bertz CT molecular complexity index is 210. The number of aliphatic hydroxyl groups is 1. The molecular weight excluding hydrogens is 233 g/mol. The molecule has 0 radical (unpaired) electrons. The summed E-state index contributed by atoms with van der Waals surface area (Å²) in [6.45, 7) is 1.22. The van der Waals surface area contributed by atoms with E-state index in [0.717, 1.165) is 0 Å². The van der Waals surface area contributed by atoms with Gasteiger partial charge in [0.1, 0.15) is 0 Å². The van der Waals surface area contributed by atoms with Crippen molar-refractivity contribution in [2.75, 3.05) is 0 Å². The number of halogens is 7. The second-order valence-electron chi connectivity index (χ2n) is 2.99. The molecule has 92 valence electrons. The molecule has 0 aliphatic rings. The summed E-state index contributed by atoms with van der Waals surface area (Å²) in [5.41, 5.74) is 0. The molecule has 0 aromatic carbocycles. The summed E-state index contributed by atoms with van der Waals surface area (Å²) in [7, 11) is 0. The van der Waals surface area contributed by atoms with Gasteiger partial charge in [0.2, 0.25) is 0 Å². The molecule has 0 spiro atoms. The Labute approximate surface area is 80.9 Å². The highest BCUT2D eigenvalue weighted by Gasteiger charge is 2.74. The van der Waals surface area contributed by atoms with E-state index in [1.54, 1.807) is 0 Å². The van der Waals surface area contributed by atoms with Gasteiger partial charge in [-0.1, -0.05) is 13.3 Å². The first-order valence-corrected chi connectivity index (χ1v) is 3.98. The number of rotatable bonds is 5. The van der Waals surface area contributed by atoms with Crippen LogP contribution < -0.4 is 0 Å². The molecule has 1 nitrogen and oxygen atoms in total. The number of hydrogen-bond acceptors (Lipinski definition) is 1. The molecule has 0 aromatic rings. The SMILES string of the molecule is CCCC(F)C(F)(F)C(F)(F)C(O)(F)F. The zero-order valence-corrected chi connectivity index (χ0v) is 7.58. The molecule has 0 heterocycles. The molecule has 8 heteroatoms. The van der Waals surface area contributed by atoms with E-state index in [-0.39, 0.29) is 6.42 Å². The third-order valence-corrected chi connectivity index (χ3v) is 1.73. The molecule has 0 amide bonds. The van der Waals surface area contributed by atoms with Crippen molar-refractivity contribution in [1.82, 2.24) is 0 Å². The maximum absolute atomic E-state index is 12.5. The minimum atomic E-state index is -6.13. The highest BCUT2D eigenvalue weighted by molar-refractivity contribution is 4.95. The normalized spacial score (nSPS) is 16.6. The van der Waals surface area contributed by atoms with E-state index in [1.807, 2.05) is 0 Å². The van der Waals surface area contributed by atoms with Crippen LogP contribution in [0.1, 0.15) is 19.8 Å². The minimum absolute atomic E-state index is 0.218. The second kappa shape index (κ2) is 4.15. The molecule has 0 aromatic heterocycles. The first kappa shape index (κ1) is 14.5. The van der Waals surface area contributed by atoms with Crippen LogP contribution in [-0.4, -0.2) is 29.2 Å². The van der Waals surface area contributed by atoms with E-state index < -0.39 is 30.5 Å². The fourth-order valence-electron chi connectivity index (χ4n) is 0.832. The fraction of sp³-hybridized carbons (Fsp3) is 1.00. The summed E-state index contributed by atoms with van der Waals surface area (Å²) < 4.78 is 85.7. The van der Waals surface area contributed by atoms with Gasteiger partial charge in [0.25, 0.3) is 0 Å². The van der Waals surface area contributed by atoms with Crippen molar-refractivity contribution < 1.29 is 35.8 Å². The molecule has 0 saturated carbocycles. The molecule has 1 N–H and O–H groups in total. The van der Waals surface area contributed by atoms with Gasteiger partial charge in [0.15, 0.2) is 6.17 Å². The molecule has 15 heavy (non-hydrogen) atoms. The summed E-state index contributed by atoms with van der Waals surface area (Å²) in [5.74, 6) is -11.7. The lowest BCUT2D eigenvalue weighted by Gasteiger charge is -2.31. The first-order chi connectivity index (χ1) is 6.48. The lowest BCUT2D eigenvalue weighted by atomic mass is 10.0. The summed E-state index contributed by atoms with van der Waals surface area (Å²) in [6, 6.07) is 0. The van der Waals surface area contributed by atoms with E-state index in [9.17, 15) is 30.7 Å². The standard InChI is InChI=1S/C7H9F7O/c1-2-3-4(8)5(9,10)6(11,12)7(13,14)15/h4,15H,2-3H2,1H3. The third kappa shape index (κ3) is 2.53. The highest BCUT2D eigenvalue weighted by atomic mass is 19.4. The summed E-state index contributed by atoms with van der Waals surface area (Å²) >= 11 is 0. The van der Waals surface area contributed by atoms with Crippen molar-refractivity contribution in [2.45, 2.75) is 43.9 Å². The summed E-state index contributed by atoms with van der Waals surface area (Å²) in [5, 5.41) is 7.57. The van der Waals surface area contributed by atoms with Crippen LogP contribution in [0.25, 0.3) is 0 Å². The summed E-state index contributed by atoms with van der Waals surface area (Å²) in [6.07, 6.45) is -10.6. The van der Waals surface area contributed by atoms with Crippen LogP contribution in [0, 0.1) is 0 Å². The van der Waals surface area contributed by atoms with E-state index in [2.05, 4.69) is 0 Å². The first-order valence-electron chi connectivity index (χ1n) is 3.98. The van der Waals surface area contributed by atoms with E-state index in [0.29, 0.717) is 0 Å². The zero-order valence-electron chi connectivity index (χ0n) is 7.58. The van der Waals surface area contributed by atoms with Gasteiger partial charge in [0.05, 0.1) is 0 Å². The Morgan fingerprint density at radius 2 is 1.47 bits per heavy atom. The van der Waals surface area contributed by atoms with Crippen LogP contribution in [0.5, 0.6) is 0 Å². The van der Waals surface area contributed by atoms with Crippen molar-refractivity contribution in [3.05, 3.63) is 0 Å². The molecule has 0 saturated heterocycles. The molecule has 0 rings (SSSR count). The van der Waals surface area contributed by atoms with Crippen molar-refractivity contribution in [3.63, 3.8) is 0 Å². The monoisotopic (exact) mass is 242 g/mol. The average Bonchev–Trinajstić information content (AvgIpc) is 2.02. The van der Waals surface area contributed by atoms with Crippen LogP contribution in [0.3, 0.4) is 0 Å². The van der Waals surface area contributed by atoms with Crippen LogP contribution in [0.15, 0.2) is 0 Å². The van der Waals surface area contributed by atoms with Crippen molar-refractivity contribution in [1.29, 1.82) is 0 Å². The second-order valence-corrected chi connectivity index (χ2v) is 2.99. The molecule has 0 aliphatic carbocycles. The van der Waals surface area contributed by atoms with Crippen LogP contribution in [0.4, 0.5) is 30.7 Å². The van der Waals surface area contributed by atoms with Gasteiger partial charge < -0.3 is 5.11 Å². The Morgan fingerprint density at radius 3 is 1.73 bits per heavy atom. The largest absolute Gasteiger partial charge is 0.423 e. The minimum Gasteiger partial charge on any atom is -0.331 e. The predicted molar refractivity (Wildman–Crippen MR) is 36.9 cm³/mol. The van der Waals surface area contributed by atoms with E-state index in [4.69, 9.17) is 5.11 Å². The molecule has 0 aliphatic heterocycles. The molecule has 1 unspecified atom stereocenters. The van der Waals surface area contributed by atoms with Crippen molar-refractivity contribution >= 4 is 0 Å². The van der Waals surface area contributed by atoms with Crippen molar-refractivity contribution in [2.24, 2.45) is 0 Å². The Hall–Kier alpha value is -0.530. The smallest absolute Gasteiger partial charge is 0.331 e. The molecular formula is C7H9F7O. The van der Waals surface area contributed by atoms with Gasteiger partial charge in [-0.25, -0.2) is 4.39 Å². The Kier molecular flexibility index (Phi) is 4.00. The number of hydrogen-bond donors (Lipinski definition) is 1. The maximum atomic E-state index is 12.5. The van der Waals surface area contributed by atoms with E-state index >= 15 is 0 Å². The van der Waals surface area contributed by atoms with Crippen LogP contribution >= 0.6 is 0 Å². The maximum Gasteiger partial charge on any atom is 0.423 e. The zero-order chi connectivity index (χ0) is 12.5. The lowest BCUT2D eigenvalue weighted by molar-refractivity contribution is -0.392. The molecule has 1 atom stereocenters. The third-order valence-electron chi connectivity index (χ3n) is 1.73. The highest BCUT2D eigenvalue weighted by Crippen LogP contribution is 2.47. The van der Waals surface area contributed by atoms with Gasteiger partial charge in [0, 0.05) is 0 Å². The Morgan fingerprint density at radius 1 is 1.07 bits per heavy atom. The van der Waals surface area contributed by atoms with E-state index in [1.165, 1.54) is 6.92 Å². The quantitative estimate of drug-likeness (QED) is 0.735. The summed E-state index contributed by atoms with van der Waals surface area (Å²) in [4.78, 5) is 0. The van der Waals surface area contributed by atoms with Gasteiger partial charge in [-0.2, -0.15) is 26.3 Å². The van der Waals surface area contributed by atoms with Gasteiger partial charge in [-0.05, 0) is 6.42 Å². The van der Waals surface area contributed by atoms with Crippen LogP contribution in [0.2, 0.25) is 0 Å². The van der Waals surface area contributed by atoms with Gasteiger partial charge in [-0.15, -0.1) is 0 Å². The topological polar surface area (TPSA) is 20.2 Å². The van der Waals surface area contributed by atoms with Crippen LogP contribution in [-0.2, 0) is 0 Å². The van der Waals surface area contributed by atoms with Crippen molar-refractivity contribution in [3.8, 4) is 0 Å². The number of alkyl halides is 7.